The molecule has 0 bridgehead atoms. The molecule has 0 aromatic heterocycles. The summed E-state index contributed by atoms with van der Waals surface area (Å²) in [5.74, 6) is 2.42. The lowest BCUT2D eigenvalue weighted by Crippen LogP contribution is -2.23. The molecule has 0 amide bonds. The van der Waals surface area contributed by atoms with Gasteiger partial charge in [0.2, 0.25) is 0 Å². The summed E-state index contributed by atoms with van der Waals surface area (Å²) >= 11 is 0. The Labute approximate surface area is 82.5 Å². The van der Waals surface area contributed by atoms with Gasteiger partial charge in [-0.25, -0.2) is 0 Å². The van der Waals surface area contributed by atoms with Gasteiger partial charge in [0.05, 0.1) is 0 Å². The van der Waals surface area contributed by atoms with Crippen LogP contribution in [-0.4, -0.2) is 11.7 Å². The molecule has 0 heterocycles. The fraction of sp³-hybridized carbons (Fsp3) is 1.00. The SMILES string of the molecule is CC(C)C(CCO)C1CCCCC1. The minimum atomic E-state index is 0.374. The van der Waals surface area contributed by atoms with Crippen molar-refractivity contribution in [2.24, 2.45) is 17.8 Å². The lowest BCUT2D eigenvalue weighted by atomic mass is 9.74. The Morgan fingerprint density at radius 2 is 1.77 bits per heavy atom. The summed E-state index contributed by atoms with van der Waals surface area (Å²) in [6.45, 7) is 4.98. The fourth-order valence-electron chi connectivity index (χ4n) is 2.82. The zero-order valence-corrected chi connectivity index (χ0v) is 9.13. The molecule has 1 atom stereocenters. The molecule has 1 nitrogen and oxygen atoms in total. The van der Waals surface area contributed by atoms with Crippen LogP contribution in [0.25, 0.3) is 0 Å². The van der Waals surface area contributed by atoms with E-state index in [4.69, 9.17) is 5.11 Å². The van der Waals surface area contributed by atoms with Crippen molar-refractivity contribution in [1.29, 1.82) is 0 Å². The molecule has 0 radical (unpaired) electrons. The maximum absolute atomic E-state index is 9.02. The zero-order valence-electron chi connectivity index (χ0n) is 9.13. The Balaban J connectivity index is 2.41. The van der Waals surface area contributed by atoms with Crippen LogP contribution in [0.5, 0.6) is 0 Å². The first kappa shape index (κ1) is 11.0. The van der Waals surface area contributed by atoms with E-state index in [-0.39, 0.29) is 0 Å². The van der Waals surface area contributed by atoms with E-state index in [0.29, 0.717) is 6.61 Å². The van der Waals surface area contributed by atoms with Crippen LogP contribution in [-0.2, 0) is 0 Å². The summed E-state index contributed by atoms with van der Waals surface area (Å²) in [5, 5.41) is 9.02. The number of rotatable bonds is 4. The average Bonchev–Trinajstić information content (AvgIpc) is 2.15. The highest BCUT2D eigenvalue weighted by atomic mass is 16.3. The fourth-order valence-corrected chi connectivity index (χ4v) is 2.82. The van der Waals surface area contributed by atoms with Gasteiger partial charge in [-0.2, -0.15) is 0 Å². The van der Waals surface area contributed by atoms with Crippen molar-refractivity contribution in [3.05, 3.63) is 0 Å². The van der Waals surface area contributed by atoms with Gasteiger partial charge in [-0.1, -0.05) is 46.0 Å². The highest BCUT2D eigenvalue weighted by Gasteiger charge is 2.25. The van der Waals surface area contributed by atoms with Crippen molar-refractivity contribution in [2.75, 3.05) is 6.61 Å². The van der Waals surface area contributed by atoms with Gasteiger partial charge in [-0.3, -0.25) is 0 Å². The van der Waals surface area contributed by atoms with E-state index >= 15 is 0 Å². The highest BCUT2D eigenvalue weighted by Crippen LogP contribution is 2.35. The molecule has 0 aliphatic heterocycles. The van der Waals surface area contributed by atoms with E-state index in [1.54, 1.807) is 0 Å². The molecule has 1 rings (SSSR count). The van der Waals surface area contributed by atoms with Crippen LogP contribution in [0.3, 0.4) is 0 Å². The number of aliphatic hydroxyl groups is 1. The second-order valence-electron chi connectivity index (χ2n) is 4.82. The standard InChI is InChI=1S/C12H24O/c1-10(2)12(8-9-13)11-6-4-3-5-7-11/h10-13H,3-9H2,1-2H3. The van der Waals surface area contributed by atoms with Crippen molar-refractivity contribution in [2.45, 2.75) is 52.4 Å². The summed E-state index contributed by atoms with van der Waals surface area (Å²) < 4.78 is 0. The minimum absolute atomic E-state index is 0.374. The summed E-state index contributed by atoms with van der Waals surface area (Å²) in [6.07, 6.45) is 8.09. The third-order valence-corrected chi connectivity index (χ3v) is 3.57. The number of hydrogen-bond donors (Lipinski definition) is 1. The van der Waals surface area contributed by atoms with Gasteiger partial charge in [0.1, 0.15) is 0 Å². The first-order chi connectivity index (χ1) is 6.25. The molecule has 0 spiro atoms. The molecule has 1 N–H and O–H groups in total. The zero-order chi connectivity index (χ0) is 9.68. The monoisotopic (exact) mass is 184 g/mol. The molecule has 1 saturated carbocycles. The van der Waals surface area contributed by atoms with E-state index in [1.807, 2.05) is 0 Å². The molecule has 1 heteroatoms. The lowest BCUT2D eigenvalue weighted by molar-refractivity contribution is 0.149. The lowest BCUT2D eigenvalue weighted by Gasteiger charge is -2.32. The smallest absolute Gasteiger partial charge is 0.0433 e. The molecular formula is C12H24O. The number of aliphatic hydroxyl groups excluding tert-OH is 1. The van der Waals surface area contributed by atoms with Gasteiger partial charge < -0.3 is 5.11 Å². The van der Waals surface area contributed by atoms with E-state index in [0.717, 1.165) is 24.2 Å². The average molecular weight is 184 g/mol. The van der Waals surface area contributed by atoms with E-state index in [2.05, 4.69) is 13.8 Å². The second kappa shape index (κ2) is 5.64. The number of hydrogen-bond acceptors (Lipinski definition) is 1. The van der Waals surface area contributed by atoms with Crippen molar-refractivity contribution < 1.29 is 5.11 Å². The quantitative estimate of drug-likeness (QED) is 0.711. The predicted octanol–water partition coefficient (Wildman–Crippen LogP) is 3.22. The van der Waals surface area contributed by atoms with Gasteiger partial charge >= 0.3 is 0 Å². The van der Waals surface area contributed by atoms with Gasteiger partial charge in [-0.15, -0.1) is 0 Å². The molecule has 13 heavy (non-hydrogen) atoms. The van der Waals surface area contributed by atoms with Crippen LogP contribution in [0.15, 0.2) is 0 Å². The Kier molecular flexibility index (Phi) is 4.79. The van der Waals surface area contributed by atoms with Crippen molar-refractivity contribution >= 4 is 0 Å². The third kappa shape index (κ3) is 3.30. The Morgan fingerprint density at radius 1 is 1.15 bits per heavy atom. The Bertz CT molecular complexity index is 125. The van der Waals surface area contributed by atoms with Crippen molar-refractivity contribution in [1.82, 2.24) is 0 Å². The third-order valence-electron chi connectivity index (χ3n) is 3.57. The normalized spacial score (nSPS) is 22.2. The molecule has 78 valence electrons. The van der Waals surface area contributed by atoms with Crippen LogP contribution < -0.4 is 0 Å². The van der Waals surface area contributed by atoms with Crippen LogP contribution >= 0.6 is 0 Å². The van der Waals surface area contributed by atoms with Crippen LogP contribution in [0, 0.1) is 17.8 Å². The van der Waals surface area contributed by atoms with Gasteiger partial charge in [0, 0.05) is 6.61 Å². The topological polar surface area (TPSA) is 20.2 Å². The molecule has 1 unspecified atom stereocenters. The largest absolute Gasteiger partial charge is 0.396 e. The summed E-state index contributed by atoms with van der Waals surface area (Å²) in [5.41, 5.74) is 0. The molecule has 0 saturated heterocycles. The minimum Gasteiger partial charge on any atom is -0.396 e. The molecule has 0 aromatic carbocycles. The Morgan fingerprint density at radius 3 is 2.23 bits per heavy atom. The second-order valence-corrected chi connectivity index (χ2v) is 4.82. The first-order valence-electron chi connectivity index (χ1n) is 5.86. The molecule has 0 aromatic rings. The summed E-state index contributed by atoms with van der Waals surface area (Å²) in [7, 11) is 0. The maximum atomic E-state index is 9.02. The van der Waals surface area contributed by atoms with Gasteiger partial charge in [0.25, 0.3) is 0 Å². The first-order valence-corrected chi connectivity index (χ1v) is 5.86. The van der Waals surface area contributed by atoms with Crippen molar-refractivity contribution in [3.8, 4) is 0 Å². The Hall–Kier alpha value is -0.0400. The molecule has 1 aliphatic rings. The van der Waals surface area contributed by atoms with E-state index in [1.165, 1.54) is 32.1 Å². The van der Waals surface area contributed by atoms with Crippen LogP contribution in [0.4, 0.5) is 0 Å². The molecule has 1 aliphatic carbocycles. The van der Waals surface area contributed by atoms with Crippen LogP contribution in [0.1, 0.15) is 52.4 Å². The van der Waals surface area contributed by atoms with E-state index in [9.17, 15) is 0 Å². The predicted molar refractivity (Wildman–Crippen MR) is 56.6 cm³/mol. The summed E-state index contributed by atoms with van der Waals surface area (Å²) in [6, 6.07) is 0. The molecule has 1 fully saturated rings. The summed E-state index contributed by atoms with van der Waals surface area (Å²) in [4.78, 5) is 0. The van der Waals surface area contributed by atoms with Gasteiger partial charge in [0.15, 0.2) is 0 Å². The maximum Gasteiger partial charge on any atom is 0.0433 e. The van der Waals surface area contributed by atoms with Crippen LogP contribution in [0.2, 0.25) is 0 Å². The van der Waals surface area contributed by atoms with Gasteiger partial charge in [-0.05, 0) is 24.2 Å². The molecular weight excluding hydrogens is 160 g/mol. The van der Waals surface area contributed by atoms with Crippen molar-refractivity contribution in [3.63, 3.8) is 0 Å². The highest BCUT2D eigenvalue weighted by molar-refractivity contribution is 4.76. The van der Waals surface area contributed by atoms with E-state index < -0.39 is 0 Å².